The fourth-order valence-corrected chi connectivity index (χ4v) is 3.64. The third kappa shape index (κ3) is 4.78. The van der Waals surface area contributed by atoms with E-state index in [1.807, 2.05) is 6.07 Å². The van der Waals surface area contributed by atoms with Crippen LogP contribution in [0.5, 0.6) is 11.5 Å². The number of hydrogen-bond donors (Lipinski definition) is 2. The number of aromatic hydroxyl groups is 1. The minimum Gasteiger partial charge on any atom is -0.505 e. The summed E-state index contributed by atoms with van der Waals surface area (Å²) in [6.45, 7) is 3.54. The molecule has 0 amide bonds. The molecular formula is C22H20N6O4S. The Morgan fingerprint density at radius 1 is 0.970 bits per heavy atom. The fraction of sp³-hybridized carbons (Fsp3) is 0.136. The predicted molar refractivity (Wildman–Crippen MR) is 125 cm³/mol. The minimum atomic E-state index is -2.63. The molecule has 0 aliphatic carbocycles. The molecule has 1 atom stereocenters. The lowest BCUT2D eigenvalue weighted by Gasteiger charge is -2.21. The summed E-state index contributed by atoms with van der Waals surface area (Å²) in [6.07, 6.45) is 0. The van der Waals surface area contributed by atoms with E-state index < -0.39 is 11.4 Å². The highest BCUT2D eigenvalue weighted by molar-refractivity contribution is 7.74. The number of benzene rings is 3. The Labute approximate surface area is 192 Å². The normalized spacial score (nSPS) is 12.2. The van der Waals surface area contributed by atoms with Gasteiger partial charge in [0, 0.05) is 12.4 Å². The third-order valence-electron chi connectivity index (χ3n) is 4.75. The smallest absolute Gasteiger partial charge is 0.357 e. The summed E-state index contributed by atoms with van der Waals surface area (Å²) >= 11 is -2.63. The van der Waals surface area contributed by atoms with Crippen LogP contribution in [-0.4, -0.2) is 35.9 Å². The molecule has 0 saturated carbocycles. The van der Waals surface area contributed by atoms with E-state index in [1.165, 1.54) is 6.07 Å². The SMILES string of the molecule is Cc1nc(C)nc(N(C)c2cccc3cc(OS(=O)O)c(N=Nc4ccccc4)c(O)c23)n1. The lowest BCUT2D eigenvalue weighted by molar-refractivity contribution is 0.453. The molecule has 0 fully saturated rings. The van der Waals surface area contributed by atoms with E-state index >= 15 is 0 Å². The number of phenolic OH excluding ortho intramolecular Hbond substituents is 1. The standard InChI is InChI=1S/C22H20N6O4S/c1-13-23-14(2)25-22(24-13)28(3)17-11-7-8-15-12-18(32-33(30)31)20(21(29)19(15)17)27-26-16-9-5-4-6-10-16/h4-12,29H,1-3H3,(H,30,31). The van der Waals surface area contributed by atoms with E-state index in [0.717, 1.165) is 0 Å². The predicted octanol–water partition coefficient (Wildman–Crippen LogP) is 5.05. The number of hydrogen-bond acceptors (Lipinski definition) is 9. The van der Waals surface area contributed by atoms with Crippen LogP contribution in [0.2, 0.25) is 0 Å². The van der Waals surface area contributed by atoms with Crippen LogP contribution < -0.4 is 9.08 Å². The van der Waals surface area contributed by atoms with Crippen molar-refractivity contribution in [2.45, 2.75) is 13.8 Å². The summed E-state index contributed by atoms with van der Waals surface area (Å²) < 4.78 is 25.7. The molecular weight excluding hydrogens is 444 g/mol. The van der Waals surface area contributed by atoms with Crippen molar-refractivity contribution in [2.24, 2.45) is 10.2 Å². The molecule has 0 saturated heterocycles. The Morgan fingerprint density at radius 3 is 2.33 bits per heavy atom. The van der Waals surface area contributed by atoms with Gasteiger partial charge in [0.05, 0.1) is 11.4 Å². The van der Waals surface area contributed by atoms with E-state index in [9.17, 15) is 13.9 Å². The topological polar surface area (TPSA) is 133 Å². The van der Waals surface area contributed by atoms with E-state index in [0.29, 0.717) is 39.7 Å². The van der Waals surface area contributed by atoms with Crippen molar-refractivity contribution in [3.8, 4) is 11.5 Å². The molecule has 10 nitrogen and oxygen atoms in total. The minimum absolute atomic E-state index is 0.0855. The molecule has 0 spiro atoms. The number of phenols is 1. The highest BCUT2D eigenvalue weighted by Gasteiger charge is 2.21. The first-order valence-electron chi connectivity index (χ1n) is 9.81. The van der Waals surface area contributed by atoms with Gasteiger partial charge in [-0.3, -0.25) is 4.55 Å². The largest absolute Gasteiger partial charge is 0.505 e. The van der Waals surface area contributed by atoms with Crippen LogP contribution in [0.3, 0.4) is 0 Å². The summed E-state index contributed by atoms with van der Waals surface area (Å²) in [5.41, 5.74) is 1.04. The van der Waals surface area contributed by atoms with Gasteiger partial charge in [-0.15, -0.1) is 5.11 Å². The van der Waals surface area contributed by atoms with Crippen LogP contribution in [0.25, 0.3) is 10.8 Å². The van der Waals surface area contributed by atoms with Crippen molar-refractivity contribution in [3.05, 3.63) is 66.2 Å². The average Bonchev–Trinajstić information content (AvgIpc) is 2.77. The van der Waals surface area contributed by atoms with E-state index in [2.05, 4.69) is 25.2 Å². The van der Waals surface area contributed by atoms with Gasteiger partial charge in [-0.1, -0.05) is 30.3 Å². The van der Waals surface area contributed by atoms with E-state index in [-0.39, 0.29) is 17.2 Å². The van der Waals surface area contributed by atoms with Crippen molar-refractivity contribution < 1.29 is 18.1 Å². The van der Waals surface area contributed by atoms with Crippen molar-refractivity contribution in [2.75, 3.05) is 11.9 Å². The fourth-order valence-electron chi connectivity index (χ4n) is 3.36. The molecule has 0 radical (unpaired) electrons. The quantitative estimate of drug-likeness (QED) is 0.299. The number of rotatable bonds is 6. The second kappa shape index (κ2) is 9.27. The van der Waals surface area contributed by atoms with Gasteiger partial charge in [-0.25, -0.2) is 4.98 Å². The average molecular weight is 465 g/mol. The summed E-state index contributed by atoms with van der Waals surface area (Å²) in [5.74, 6) is 1.17. The number of anilines is 2. The Morgan fingerprint density at radius 2 is 1.67 bits per heavy atom. The Bertz CT molecular complexity index is 1360. The van der Waals surface area contributed by atoms with Crippen molar-refractivity contribution in [1.82, 2.24) is 15.0 Å². The highest BCUT2D eigenvalue weighted by Crippen LogP contribution is 2.47. The monoisotopic (exact) mass is 464 g/mol. The lowest BCUT2D eigenvalue weighted by atomic mass is 10.0. The highest BCUT2D eigenvalue weighted by atomic mass is 32.2. The van der Waals surface area contributed by atoms with Gasteiger partial charge >= 0.3 is 11.4 Å². The number of aromatic nitrogens is 3. The van der Waals surface area contributed by atoms with Crippen molar-refractivity contribution in [3.63, 3.8) is 0 Å². The maximum absolute atomic E-state index is 11.4. The van der Waals surface area contributed by atoms with Crippen LogP contribution in [-0.2, 0) is 11.4 Å². The third-order valence-corrected chi connectivity index (χ3v) is 5.07. The lowest BCUT2D eigenvalue weighted by Crippen LogP contribution is -2.15. The van der Waals surface area contributed by atoms with Gasteiger partial charge in [0.2, 0.25) is 5.95 Å². The van der Waals surface area contributed by atoms with Crippen LogP contribution in [0.15, 0.2) is 64.8 Å². The molecule has 0 aliphatic heterocycles. The summed E-state index contributed by atoms with van der Waals surface area (Å²) in [5, 5.41) is 20.4. The molecule has 2 N–H and O–H groups in total. The maximum Gasteiger partial charge on any atom is 0.357 e. The first kappa shape index (κ1) is 22.2. The molecule has 0 bridgehead atoms. The second-order valence-corrected chi connectivity index (χ2v) is 7.67. The van der Waals surface area contributed by atoms with Crippen molar-refractivity contribution in [1.29, 1.82) is 0 Å². The summed E-state index contributed by atoms with van der Waals surface area (Å²) in [6, 6.07) is 15.7. The van der Waals surface area contributed by atoms with Crippen LogP contribution in [0, 0.1) is 13.8 Å². The molecule has 4 rings (SSSR count). The van der Waals surface area contributed by atoms with Gasteiger partial charge < -0.3 is 14.2 Å². The van der Waals surface area contributed by atoms with Crippen molar-refractivity contribution >= 4 is 45.1 Å². The van der Waals surface area contributed by atoms with Gasteiger partial charge in [-0.2, -0.15) is 19.3 Å². The van der Waals surface area contributed by atoms with Gasteiger partial charge in [0.15, 0.2) is 17.2 Å². The van der Waals surface area contributed by atoms with E-state index in [1.54, 1.807) is 68.3 Å². The molecule has 1 unspecified atom stereocenters. The van der Waals surface area contributed by atoms with E-state index in [4.69, 9.17) is 4.18 Å². The zero-order valence-electron chi connectivity index (χ0n) is 18.0. The molecule has 3 aromatic carbocycles. The number of fused-ring (bicyclic) bond motifs is 1. The number of aryl methyl sites for hydroxylation is 2. The Hall–Kier alpha value is -3.96. The maximum atomic E-state index is 11.4. The molecule has 1 aromatic heterocycles. The zero-order chi connectivity index (χ0) is 23.5. The van der Waals surface area contributed by atoms with Crippen LogP contribution >= 0.6 is 0 Å². The van der Waals surface area contributed by atoms with Gasteiger partial charge in [-0.05, 0) is 43.5 Å². The van der Waals surface area contributed by atoms with Gasteiger partial charge in [0.1, 0.15) is 11.6 Å². The Kier molecular flexibility index (Phi) is 6.24. The molecule has 1 heterocycles. The Balaban J connectivity index is 1.91. The number of nitrogens with zero attached hydrogens (tertiary/aromatic N) is 6. The first-order chi connectivity index (χ1) is 15.8. The molecule has 4 aromatic rings. The molecule has 0 aliphatic rings. The second-order valence-electron chi connectivity index (χ2n) is 7.07. The number of azo groups is 1. The zero-order valence-corrected chi connectivity index (χ0v) is 18.8. The summed E-state index contributed by atoms with van der Waals surface area (Å²) in [7, 11) is 1.76. The molecule has 168 valence electrons. The molecule has 33 heavy (non-hydrogen) atoms. The van der Waals surface area contributed by atoms with Crippen LogP contribution in [0.1, 0.15) is 11.6 Å². The summed E-state index contributed by atoms with van der Waals surface area (Å²) in [4.78, 5) is 14.7. The first-order valence-corrected chi connectivity index (χ1v) is 10.8. The van der Waals surface area contributed by atoms with Crippen LogP contribution in [0.4, 0.5) is 23.0 Å². The molecule has 11 heteroatoms. The van der Waals surface area contributed by atoms with Gasteiger partial charge in [0.25, 0.3) is 0 Å².